The van der Waals surface area contributed by atoms with Gasteiger partial charge in [0.2, 0.25) is 0 Å². The fourth-order valence-electron chi connectivity index (χ4n) is 2.61. The second-order valence-electron chi connectivity index (χ2n) is 5.47. The summed E-state index contributed by atoms with van der Waals surface area (Å²) in [5.74, 6) is -0.377. The Morgan fingerprint density at radius 3 is 2.48 bits per heavy atom. The van der Waals surface area contributed by atoms with Crippen LogP contribution in [-0.2, 0) is 7.05 Å². The van der Waals surface area contributed by atoms with Gasteiger partial charge in [0, 0.05) is 11.9 Å². The summed E-state index contributed by atoms with van der Waals surface area (Å²) < 4.78 is 20.8. The summed E-state index contributed by atoms with van der Waals surface area (Å²) in [6, 6.07) is 13.5. The van der Waals surface area contributed by atoms with Crippen LogP contribution in [0.2, 0.25) is 0 Å². The summed E-state index contributed by atoms with van der Waals surface area (Å²) in [5, 5.41) is 0. The standard InChI is InChI=1S/C19H17FN2O2S/c1-12-17(13-8-10-14(24-3)11-9-13)22(2)19(25-12)21-18(23)15-6-4-5-7-16(15)20/h4-11H,1-3H3. The summed E-state index contributed by atoms with van der Waals surface area (Å²) >= 11 is 1.40. The van der Waals surface area contributed by atoms with E-state index in [0.717, 1.165) is 21.9 Å². The average Bonchev–Trinajstić information content (AvgIpc) is 2.89. The van der Waals surface area contributed by atoms with Crippen LogP contribution in [0, 0.1) is 12.7 Å². The number of carbonyl (C=O) groups is 1. The molecule has 0 saturated heterocycles. The van der Waals surface area contributed by atoms with E-state index in [9.17, 15) is 9.18 Å². The van der Waals surface area contributed by atoms with Gasteiger partial charge in [-0.1, -0.05) is 12.1 Å². The highest BCUT2D eigenvalue weighted by Gasteiger charge is 2.13. The largest absolute Gasteiger partial charge is 0.497 e. The van der Waals surface area contributed by atoms with Crippen LogP contribution in [0.4, 0.5) is 4.39 Å². The highest BCUT2D eigenvalue weighted by molar-refractivity contribution is 7.09. The summed E-state index contributed by atoms with van der Waals surface area (Å²) in [6.45, 7) is 1.97. The lowest BCUT2D eigenvalue weighted by Gasteiger charge is -2.06. The number of rotatable bonds is 3. The van der Waals surface area contributed by atoms with Crippen molar-refractivity contribution in [2.24, 2.45) is 12.0 Å². The monoisotopic (exact) mass is 356 g/mol. The predicted molar refractivity (Wildman–Crippen MR) is 96.3 cm³/mol. The van der Waals surface area contributed by atoms with Gasteiger partial charge in [0.1, 0.15) is 11.6 Å². The first-order valence-electron chi connectivity index (χ1n) is 7.65. The number of amides is 1. The van der Waals surface area contributed by atoms with E-state index in [4.69, 9.17) is 4.74 Å². The van der Waals surface area contributed by atoms with E-state index in [1.54, 1.807) is 19.2 Å². The van der Waals surface area contributed by atoms with Crippen molar-refractivity contribution in [3.8, 4) is 17.0 Å². The lowest BCUT2D eigenvalue weighted by atomic mass is 10.1. The van der Waals surface area contributed by atoms with Gasteiger partial charge in [-0.3, -0.25) is 4.79 Å². The predicted octanol–water partition coefficient (Wildman–Crippen LogP) is 3.95. The third kappa shape index (κ3) is 3.39. The Morgan fingerprint density at radius 2 is 1.84 bits per heavy atom. The fourth-order valence-corrected chi connectivity index (χ4v) is 3.59. The maximum atomic E-state index is 13.8. The highest BCUT2D eigenvalue weighted by atomic mass is 32.1. The van der Waals surface area contributed by atoms with Crippen LogP contribution in [0.5, 0.6) is 5.75 Å². The Balaban J connectivity index is 2.04. The molecule has 4 nitrogen and oxygen atoms in total. The Morgan fingerprint density at radius 1 is 1.16 bits per heavy atom. The first-order valence-corrected chi connectivity index (χ1v) is 8.47. The number of hydrogen-bond donors (Lipinski definition) is 0. The zero-order valence-electron chi connectivity index (χ0n) is 14.1. The van der Waals surface area contributed by atoms with Crippen LogP contribution in [0.1, 0.15) is 15.2 Å². The van der Waals surface area contributed by atoms with Gasteiger partial charge in [-0.2, -0.15) is 4.99 Å². The van der Waals surface area contributed by atoms with E-state index < -0.39 is 11.7 Å². The molecule has 3 aromatic rings. The van der Waals surface area contributed by atoms with Gasteiger partial charge in [0.15, 0.2) is 4.80 Å². The molecule has 0 aliphatic heterocycles. The number of nitrogens with zero attached hydrogens (tertiary/aromatic N) is 2. The maximum absolute atomic E-state index is 13.8. The van der Waals surface area contributed by atoms with Gasteiger partial charge in [-0.25, -0.2) is 4.39 Å². The number of aromatic nitrogens is 1. The molecule has 2 aromatic carbocycles. The molecule has 0 radical (unpaired) electrons. The number of methoxy groups -OCH3 is 1. The average molecular weight is 356 g/mol. The van der Waals surface area contributed by atoms with Crippen molar-refractivity contribution in [2.45, 2.75) is 6.92 Å². The molecule has 1 amide bonds. The van der Waals surface area contributed by atoms with Gasteiger partial charge in [0.05, 0.1) is 18.4 Å². The van der Waals surface area contributed by atoms with Crippen molar-refractivity contribution in [1.29, 1.82) is 0 Å². The molecule has 0 aliphatic rings. The van der Waals surface area contributed by atoms with Gasteiger partial charge in [-0.15, -0.1) is 11.3 Å². The maximum Gasteiger partial charge on any atom is 0.282 e. The van der Waals surface area contributed by atoms with E-state index >= 15 is 0 Å². The molecule has 0 fully saturated rings. The Bertz CT molecular complexity index is 987. The molecule has 1 aromatic heterocycles. The minimum absolute atomic E-state index is 0.0282. The van der Waals surface area contributed by atoms with Crippen molar-refractivity contribution in [2.75, 3.05) is 7.11 Å². The van der Waals surface area contributed by atoms with Crippen LogP contribution in [0.25, 0.3) is 11.3 Å². The number of aryl methyl sites for hydroxylation is 1. The van der Waals surface area contributed by atoms with E-state index in [1.807, 2.05) is 42.8 Å². The number of carbonyl (C=O) groups excluding carboxylic acids is 1. The molecule has 25 heavy (non-hydrogen) atoms. The Kier molecular flexibility index (Phi) is 4.81. The van der Waals surface area contributed by atoms with Crippen molar-refractivity contribution in [3.05, 3.63) is 69.6 Å². The van der Waals surface area contributed by atoms with Crippen LogP contribution in [0.3, 0.4) is 0 Å². The number of benzene rings is 2. The number of thiazole rings is 1. The Labute approximate surface area is 148 Å². The normalized spacial score (nSPS) is 11.6. The van der Waals surface area contributed by atoms with E-state index in [-0.39, 0.29) is 5.56 Å². The number of halogens is 1. The molecular formula is C19H17FN2O2S. The molecule has 3 rings (SSSR count). The zero-order valence-corrected chi connectivity index (χ0v) is 14.9. The van der Waals surface area contributed by atoms with E-state index in [1.165, 1.54) is 23.5 Å². The second kappa shape index (κ2) is 7.03. The molecule has 0 spiro atoms. The van der Waals surface area contributed by atoms with Crippen LogP contribution in [0.15, 0.2) is 53.5 Å². The lowest BCUT2D eigenvalue weighted by Crippen LogP contribution is -2.15. The summed E-state index contributed by atoms with van der Waals surface area (Å²) in [7, 11) is 3.46. The molecule has 6 heteroatoms. The minimum atomic E-state index is -0.587. The van der Waals surface area contributed by atoms with Crippen LogP contribution >= 0.6 is 11.3 Å². The van der Waals surface area contributed by atoms with Crippen LogP contribution < -0.4 is 9.54 Å². The molecule has 0 bridgehead atoms. The minimum Gasteiger partial charge on any atom is -0.497 e. The summed E-state index contributed by atoms with van der Waals surface area (Å²) in [5.41, 5.74) is 1.93. The molecule has 0 N–H and O–H groups in total. The third-order valence-electron chi connectivity index (χ3n) is 3.87. The van der Waals surface area contributed by atoms with Gasteiger partial charge in [0.25, 0.3) is 5.91 Å². The smallest absolute Gasteiger partial charge is 0.282 e. The quantitative estimate of drug-likeness (QED) is 0.713. The second-order valence-corrected chi connectivity index (χ2v) is 6.66. The van der Waals surface area contributed by atoms with Crippen molar-refractivity contribution >= 4 is 17.2 Å². The molecular weight excluding hydrogens is 339 g/mol. The van der Waals surface area contributed by atoms with Gasteiger partial charge in [-0.05, 0) is 48.9 Å². The van der Waals surface area contributed by atoms with Crippen molar-refractivity contribution in [1.82, 2.24) is 4.57 Å². The van der Waals surface area contributed by atoms with Crippen LogP contribution in [-0.4, -0.2) is 17.6 Å². The molecule has 0 aliphatic carbocycles. The molecule has 0 saturated carbocycles. The van der Waals surface area contributed by atoms with E-state index in [0.29, 0.717) is 4.80 Å². The molecule has 0 unspecified atom stereocenters. The molecule has 128 valence electrons. The SMILES string of the molecule is COc1ccc(-c2c(C)sc(=NC(=O)c3ccccc3F)n2C)cc1. The first kappa shape index (κ1) is 17.1. The molecule has 1 heterocycles. The Hall–Kier alpha value is -2.73. The third-order valence-corrected chi connectivity index (χ3v) is 4.91. The number of ether oxygens (including phenoxy) is 1. The van der Waals surface area contributed by atoms with Gasteiger partial charge >= 0.3 is 0 Å². The summed E-state index contributed by atoms with van der Waals surface area (Å²) in [6.07, 6.45) is 0. The summed E-state index contributed by atoms with van der Waals surface area (Å²) in [4.78, 5) is 18.0. The first-order chi connectivity index (χ1) is 12.0. The number of hydrogen-bond acceptors (Lipinski definition) is 3. The van der Waals surface area contributed by atoms with E-state index in [2.05, 4.69) is 4.99 Å². The molecule has 0 atom stereocenters. The lowest BCUT2D eigenvalue weighted by molar-refractivity contribution is 0.0994. The van der Waals surface area contributed by atoms with Gasteiger partial charge < -0.3 is 9.30 Å². The fraction of sp³-hybridized carbons (Fsp3) is 0.158. The topological polar surface area (TPSA) is 43.6 Å². The zero-order chi connectivity index (χ0) is 18.0. The highest BCUT2D eigenvalue weighted by Crippen LogP contribution is 2.26. The van der Waals surface area contributed by atoms with Crippen molar-refractivity contribution < 1.29 is 13.9 Å². The van der Waals surface area contributed by atoms with Crippen molar-refractivity contribution in [3.63, 3.8) is 0 Å².